The molecule has 0 bridgehead atoms. The van der Waals surface area contributed by atoms with E-state index in [0.29, 0.717) is 16.6 Å². The fourth-order valence-electron chi connectivity index (χ4n) is 2.63. The monoisotopic (exact) mass is 340 g/mol. The Bertz CT molecular complexity index is 981. The SMILES string of the molecule is CSc1cccc2c1c(O)c(C(=O)Nc1ccccc1)c(=O)n2C. The second-order valence-electron chi connectivity index (χ2n) is 5.26. The summed E-state index contributed by atoms with van der Waals surface area (Å²) >= 11 is 1.44. The van der Waals surface area contributed by atoms with E-state index >= 15 is 0 Å². The molecule has 0 saturated carbocycles. The highest BCUT2D eigenvalue weighted by molar-refractivity contribution is 7.98. The van der Waals surface area contributed by atoms with Crippen LogP contribution in [0.5, 0.6) is 5.75 Å². The molecular formula is C18H16N2O3S. The van der Waals surface area contributed by atoms with E-state index in [1.807, 2.05) is 24.5 Å². The molecule has 1 heterocycles. The van der Waals surface area contributed by atoms with Gasteiger partial charge in [-0.1, -0.05) is 24.3 Å². The number of thioether (sulfide) groups is 1. The number of hydrogen-bond donors (Lipinski definition) is 2. The second kappa shape index (κ2) is 6.41. The first kappa shape index (κ1) is 16.1. The number of aromatic hydroxyl groups is 1. The van der Waals surface area contributed by atoms with Crippen LogP contribution in [0, 0.1) is 0 Å². The van der Waals surface area contributed by atoms with Gasteiger partial charge in [0.1, 0.15) is 11.3 Å². The molecule has 1 amide bonds. The molecule has 0 aliphatic heterocycles. The standard InChI is InChI=1S/C18H16N2O3S/c1-20-12-9-6-10-13(24-2)14(12)16(21)15(18(20)23)17(22)19-11-7-4-3-5-8-11/h3-10,21H,1-2H3,(H,19,22). The normalized spacial score (nSPS) is 10.8. The zero-order valence-corrected chi connectivity index (χ0v) is 14.1. The molecule has 2 N–H and O–H groups in total. The van der Waals surface area contributed by atoms with Gasteiger partial charge in [0, 0.05) is 17.6 Å². The van der Waals surface area contributed by atoms with Gasteiger partial charge >= 0.3 is 0 Å². The van der Waals surface area contributed by atoms with Gasteiger partial charge < -0.3 is 15.0 Å². The summed E-state index contributed by atoms with van der Waals surface area (Å²) < 4.78 is 1.38. The lowest BCUT2D eigenvalue weighted by Crippen LogP contribution is -2.28. The number of fused-ring (bicyclic) bond motifs is 1. The maximum Gasteiger partial charge on any atom is 0.267 e. The Kier molecular flexibility index (Phi) is 4.31. The number of anilines is 1. The van der Waals surface area contributed by atoms with Gasteiger partial charge in [0.05, 0.1) is 10.9 Å². The van der Waals surface area contributed by atoms with Gasteiger partial charge in [0.25, 0.3) is 11.5 Å². The van der Waals surface area contributed by atoms with Crippen molar-refractivity contribution in [3.8, 4) is 5.75 Å². The molecule has 0 spiro atoms. The quantitative estimate of drug-likeness (QED) is 0.718. The van der Waals surface area contributed by atoms with Crippen molar-refractivity contribution in [1.29, 1.82) is 0 Å². The van der Waals surface area contributed by atoms with E-state index < -0.39 is 11.5 Å². The van der Waals surface area contributed by atoms with Crippen molar-refractivity contribution < 1.29 is 9.90 Å². The van der Waals surface area contributed by atoms with Crippen LogP contribution in [0.1, 0.15) is 10.4 Å². The van der Waals surface area contributed by atoms with Gasteiger partial charge in [-0.25, -0.2) is 0 Å². The summed E-state index contributed by atoms with van der Waals surface area (Å²) in [6, 6.07) is 14.2. The molecule has 122 valence electrons. The molecule has 3 rings (SSSR count). The first-order valence-electron chi connectivity index (χ1n) is 7.29. The van der Waals surface area contributed by atoms with E-state index in [2.05, 4.69) is 5.32 Å². The average molecular weight is 340 g/mol. The summed E-state index contributed by atoms with van der Waals surface area (Å²) in [6.07, 6.45) is 1.88. The van der Waals surface area contributed by atoms with E-state index in [-0.39, 0.29) is 11.3 Å². The number of nitrogens with zero attached hydrogens (tertiary/aromatic N) is 1. The minimum absolute atomic E-state index is 0.254. The third-order valence-corrected chi connectivity index (χ3v) is 4.62. The van der Waals surface area contributed by atoms with Crippen LogP contribution in [0.2, 0.25) is 0 Å². The van der Waals surface area contributed by atoms with Gasteiger partial charge in [-0.3, -0.25) is 9.59 Å². The second-order valence-corrected chi connectivity index (χ2v) is 6.11. The highest BCUT2D eigenvalue weighted by Crippen LogP contribution is 2.34. The van der Waals surface area contributed by atoms with Crippen molar-refractivity contribution in [2.75, 3.05) is 11.6 Å². The zero-order valence-electron chi connectivity index (χ0n) is 13.2. The van der Waals surface area contributed by atoms with Crippen molar-refractivity contribution in [3.63, 3.8) is 0 Å². The lowest BCUT2D eigenvalue weighted by molar-refractivity contribution is 0.102. The Morgan fingerprint density at radius 2 is 1.83 bits per heavy atom. The first-order valence-corrected chi connectivity index (χ1v) is 8.52. The zero-order chi connectivity index (χ0) is 17.3. The van der Waals surface area contributed by atoms with Crippen LogP contribution in [-0.2, 0) is 7.05 Å². The van der Waals surface area contributed by atoms with Crippen LogP contribution in [-0.4, -0.2) is 21.8 Å². The van der Waals surface area contributed by atoms with Gasteiger partial charge in [0.2, 0.25) is 0 Å². The molecule has 0 atom stereocenters. The van der Waals surface area contributed by atoms with Crippen molar-refractivity contribution in [2.24, 2.45) is 7.05 Å². The molecule has 0 saturated heterocycles. The lowest BCUT2D eigenvalue weighted by atomic mass is 10.1. The minimum Gasteiger partial charge on any atom is -0.506 e. The number of aromatic nitrogens is 1. The highest BCUT2D eigenvalue weighted by atomic mass is 32.2. The molecule has 0 fully saturated rings. The van der Waals surface area contributed by atoms with Crippen molar-refractivity contribution in [2.45, 2.75) is 4.90 Å². The first-order chi connectivity index (χ1) is 11.5. The number of carbonyl (C=O) groups excluding carboxylic acids is 1. The predicted octanol–water partition coefficient (Wildman–Crippen LogP) is 3.22. The van der Waals surface area contributed by atoms with Gasteiger partial charge in [0.15, 0.2) is 0 Å². The minimum atomic E-state index is -0.628. The topological polar surface area (TPSA) is 71.3 Å². The van der Waals surface area contributed by atoms with Crippen LogP contribution in [0.4, 0.5) is 5.69 Å². The van der Waals surface area contributed by atoms with Gasteiger partial charge in [-0.15, -0.1) is 11.8 Å². The van der Waals surface area contributed by atoms with Crippen molar-refractivity contribution in [1.82, 2.24) is 4.57 Å². The summed E-state index contributed by atoms with van der Waals surface area (Å²) in [5.74, 6) is -0.913. The Labute approximate surface area is 142 Å². The molecule has 6 heteroatoms. The van der Waals surface area contributed by atoms with Crippen molar-refractivity contribution >= 4 is 34.3 Å². The number of rotatable bonds is 3. The number of aryl methyl sites for hydroxylation is 1. The summed E-state index contributed by atoms with van der Waals surface area (Å²) in [6.45, 7) is 0. The number of nitrogens with one attached hydrogen (secondary N) is 1. The Morgan fingerprint density at radius 3 is 2.50 bits per heavy atom. The fourth-order valence-corrected chi connectivity index (χ4v) is 3.25. The van der Waals surface area contributed by atoms with E-state index in [0.717, 1.165) is 4.90 Å². The third kappa shape index (κ3) is 2.65. The van der Waals surface area contributed by atoms with Crippen LogP contribution in [0.25, 0.3) is 10.9 Å². The van der Waals surface area contributed by atoms with Crippen molar-refractivity contribution in [3.05, 3.63) is 64.4 Å². The predicted molar refractivity (Wildman–Crippen MR) is 97.0 cm³/mol. The van der Waals surface area contributed by atoms with E-state index in [1.54, 1.807) is 37.4 Å². The molecule has 0 aliphatic rings. The number of para-hydroxylation sites is 1. The molecular weight excluding hydrogens is 324 g/mol. The summed E-state index contributed by atoms with van der Waals surface area (Å²) in [5, 5.41) is 13.8. The molecule has 3 aromatic rings. The number of amides is 1. The average Bonchev–Trinajstić information content (AvgIpc) is 2.60. The lowest BCUT2D eigenvalue weighted by Gasteiger charge is -2.14. The van der Waals surface area contributed by atoms with Crippen LogP contribution >= 0.6 is 11.8 Å². The smallest absolute Gasteiger partial charge is 0.267 e. The number of carbonyl (C=O) groups is 1. The Hall–Kier alpha value is -2.73. The fraction of sp³-hybridized carbons (Fsp3) is 0.111. The summed E-state index contributed by atoms with van der Waals surface area (Å²) in [7, 11) is 1.59. The van der Waals surface area contributed by atoms with E-state index in [4.69, 9.17) is 0 Å². The molecule has 0 aliphatic carbocycles. The van der Waals surface area contributed by atoms with Gasteiger partial charge in [-0.2, -0.15) is 0 Å². The molecule has 5 nitrogen and oxygen atoms in total. The maximum absolute atomic E-state index is 12.6. The van der Waals surface area contributed by atoms with E-state index in [9.17, 15) is 14.7 Å². The Morgan fingerprint density at radius 1 is 1.12 bits per heavy atom. The number of hydrogen-bond acceptors (Lipinski definition) is 4. The summed E-state index contributed by atoms with van der Waals surface area (Å²) in [5.41, 5.74) is 0.352. The number of pyridine rings is 1. The van der Waals surface area contributed by atoms with Crippen LogP contribution < -0.4 is 10.9 Å². The Balaban J connectivity index is 2.21. The molecule has 2 aromatic carbocycles. The summed E-state index contributed by atoms with van der Waals surface area (Å²) in [4.78, 5) is 25.9. The van der Waals surface area contributed by atoms with Gasteiger partial charge in [-0.05, 0) is 30.5 Å². The molecule has 0 radical (unpaired) electrons. The highest BCUT2D eigenvalue weighted by Gasteiger charge is 2.22. The molecule has 24 heavy (non-hydrogen) atoms. The maximum atomic E-state index is 12.6. The molecule has 0 unspecified atom stereocenters. The van der Waals surface area contributed by atoms with Crippen LogP contribution in [0.3, 0.4) is 0 Å². The molecule has 1 aromatic heterocycles. The largest absolute Gasteiger partial charge is 0.506 e. The van der Waals surface area contributed by atoms with Crippen LogP contribution in [0.15, 0.2) is 58.2 Å². The number of benzene rings is 2. The third-order valence-electron chi connectivity index (χ3n) is 3.84. The van der Waals surface area contributed by atoms with E-state index in [1.165, 1.54) is 16.3 Å².